The maximum Gasteiger partial charge on any atom is 0.251 e. The van der Waals surface area contributed by atoms with Crippen molar-refractivity contribution in [2.75, 3.05) is 38.4 Å². The molecule has 0 radical (unpaired) electrons. The monoisotopic (exact) mass is 441 g/mol. The topological polar surface area (TPSA) is 114 Å². The Balaban J connectivity index is 0.00000341. The summed E-state index contributed by atoms with van der Waals surface area (Å²) < 4.78 is 5.50. The van der Waals surface area contributed by atoms with Crippen LogP contribution in [-0.2, 0) is 0 Å². The summed E-state index contributed by atoms with van der Waals surface area (Å²) in [5.74, 6) is 1.90. The summed E-state index contributed by atoms with van der Waals surface area (Å²) >= 11 is 0. The van der Waals surface area contributed by atoms with Gasteiger partial charge in [-0.1, -0.05) is 13.0 Å². The van der Waals surface area contributed by atoms with Crippen LogP contribution in [0.5, 0.6) is 5.75 Å². The number of anilines is 2. The minimum Gasteiger partial charge on any atom is -0.496 e. The van der Waals surface area contributed by atoms with Gasteiger partial charge in [-0.3, -0.25) is 4.79 Å². The first kappa shape index (κ1) is 23.9. The van der Waals surface area contributed by atoms with Crippen LogP contribution in [0.3, 0.4) is 0 Å². The van der Waals surface area contributed by atoms with Gasteiger partial charge >= 0.3 is 0 Å². The zero-order chi connectivity index (χ0) is 21.5. The molecule has 3 N–H and O–H groups in total. The van der Waals surface area contributed by atoms with Crippen molar-refractivity contribution >= 4 is 31.2 Å². The third kappa shape index (κ3) is 5.82. The molecule has 2 heterocycles. The van der Waals surface area contributed by atoms with Gasteiger partial charge in [0.25, 0.3) is 5.91 Å². The molecule has 1 aromatic carbocycles. The minimum atomic E-state index is -0.147. The number of benzene rings is 1. The molecule has 2 aromatic heterocycles. The lowest BCUT2D eigenvalue weighted by Gasteiger charge is -2.17. The molecule has 0 fully saturated rings. The Morgan fingerprint density at radius 2 is 1.84 bits per heavy atom. The predicted octanol–water partition coefficient (Wildman–Crippen LogP) is 2.67. The lowest BCUT2D eigenvalue weighted by atomic mass is 9.98. The SMILES string of the molecule is CNC(=O)c1ccc([C@H](C)CNc2cc(-c3cnc(NC)nc3)ncn2)c(OC)c1.S. The van der Waals surface area contributed by atoms with Crippen molar-refractivity contribution in [1.29, 1.82) is 0 Å². The highest BCUT2D eigenvalue weighted by molar-refractivity contribution is 7.59. The quantitative estimate of drug-likeness (QED) is 0.489. The second-order valence-electron chi connectivity index (χ2n) is 6.65. The van der Waals surface area contributed by atoms with E-state index in [1.165, 1.54) is 6.33 Å². The summed E-state index contributed by atoms with van der Waals surface area (Å²) in [5, 5.41) is 8.84. The molecule has 0 saturated carbocycles. The van der Waals surface area contributed by atoms with Crippen LogP contribution in [-0.4, -0.2) is 53.6 Å². The molecule has 164 valence electrons. The Labute approximate surface area is 188 Å². The van der Waals surface area contributed by atoms with E-state index < -0.39 is 0 Å². The smallest absolute Gasteiger partial charge is 0.251 e. The summed E-state index contributed by atoms with van der Waals surface area (Å²) in [4.78, 5) is 28.9. The van der Waals surface area contributed by atoms with Gasteiger partial charge in [0.05, 0.1) is 12.8 Å². The van der Waals surface area contributed by atoms with E-state index in [1.807, 2.05) is 12.1 Å². The second-order valence-corrected chi connectivity index (χ2v) is 6.65. The molecule has 0 aliphatic heterocycles. The van der Waals surface area contributed by atoms with E-state index >= 15 is 0 Å². The number of methoxy groups -OCH3 is 1. The van der Waals surface area contributed by atoms with Gasteiger partial charge in [0.2, 0.25) is 5.95 Å². The van der Waals surface area contributed by atoms with Gasteiger partial charge in [-0.15, -0.1) is 0 Å². The van der Waals surface area contributed by atoms with Crippen molar-refractivity contribution in [3.05, 3.63) is 54.1 Å². The van der Waals surface area contributed by atoms with E-state index in [0.29, 0.717) is 29.6 Å². The van der Waals surface area contributed by atoms with Crippen LogP contribution in [0.25, 0.3) is 11.3 Å². The van der Waals surface area contributed by atoms with Gasteiger partial charge in [0.15, 0.2) is 0 Å². The molecule has 1 atom stereocenters. The number of hydrogen-bond acceptors (Lipinski definition) is 8. The molecule has 0 saturated heterocycles. The average Bonchev–Trinajstić information content (AvgIpc) is 2.81. The maximum atomic E-state index is 11.9. The molecule has 10 heteroatoms. The fourth-order valence-corrected chi connectivity index (χ4v) is 2.97. The molecule has 0 aliphatic carbocycles. The Bertz CT molecular complexity index is 1010. The molecular weight excluding hydrogens is 414 g/mol. The van der Waals surface area contributed by atoms with E-state index in [0.717, 1.165) is 16.8 Å². The Morgan fingerprint density at radius 1 is 1.10 bits per heavy atom. The van der Waals surface area contributed by atoms with Crippen molar-refractivity contribution in [3.8, 4) is 17.0 Å². The van der Waals surface area contributed by atoms with E-state index in [4.69, 9.17) is 4.74 Å². The Kier molecular flexibility index (Phi) is 8.56. The summed E-state index contributed by atoms with van der Waals surface area (Å²) in [6.45, 7) is 2.71. The zero-order valence-electron chi connectivity index (χ0n) is 17.9. The van der Waals surface area contributed by atoms with E-state index in [9.17, 15) is 4.79 Å². The predicted molar refractivity (Wildman–Crippen MR) is 126 cm³/mol. The molecular formula is C21H27N7O2S. The number of nitrogens with zero attached hydrogens (tertiary/aromatic N) is 4. The van der Waals surface area contributed by atoms with Crippen LogP contribution >= 0.6 is 13.5 Å². The van der Waals surface area contributed by atoms with Gasteiger partial charge in [-0.2, -0.15) is 13.5 Å². The van der Waals surface area contributed by atoms with Gasteiger partial charge in [0, 0.05) is 56.1 Å². The van der Waals surface area contributed by atoms with Gasteiger partial charge < -0.3 is 20.7 Å². The third-order valence-corrected chi connectivity index (χ3v) is 4.68. The third-order valence-electron chi connectivity index (χ3n) is 4.68. The molecule has 1 amide bonds. The highest BCUT2D eigenvalue weighted by atomic mass is 32.1. The van der Waals surface area contributed by atoms with Crippen LogP contribution in [0.4, 0.5) is 11.8 Å². The molecule has 0 unspecified atom stereocenters. The number of rotatable bonds is 8. The van der Waals surface area contributed by atoms with E-state index in [2.05, 4.69) is 42.8 Å². The van der Waals surface area contributed by atoms with Crippen molar-refractivity contribution < 1.29 is 9.53 Å². The first-order valence-corrected chi connectivity index (χ1v) is 9.51. The van der Waals surface area contributed by atoms with Crippen molar-refractivity contribution in [1.82, 2.24) is 25.3 Å². The summed E-state index contributed by atoms with van der Waals surface area (Å²) in [6, 6.07) is 7.32. The highest BCUT2D eigenvalue weighted by Gasteiger charge is 2.15. The fraction of sp³-hybridized carbons (Fsp3) is 0.286. The van der Waals surface area contributed by atoms with Crippen molar-refractivity contribution in [2.45, 2.75) is 12.8 Å². The molecule has 3 rings (SSSR count). The van der Waals surface area contributed by atoms with Crippen molar-refractivity contribution in [3.63, 3.8) is 0 Å². The zero-order valence-corrected chi connectivity index (χ0v) is 18.9. The standard InChI is InChI=1S/C21H25N7O2.H2S/c1-13(16-6-5-14(20(29)22-2)7-18(16)30-4)9-24-19-8-17(27-12-28-19)15-10-25-21(23-3)26-11-15;/h5-8,10-13H,9H2,1-4H3,(H,22,29)(H,23,25,26)(H,24,27,28);1H2/t13-;/m1./s1. The summed E-state index contributed by atoms with van der Waals surface area (Å²) in [5.41, 5.74) is 3.10. The first-order chi connectivity index (χ1) is 14.5. The number of carbonyl (C=O) groups is 1. The van der Waals surface area contributed by atoms with E-state index in [-0.39, 0.29) is 25.3 Å². The van der Waals surface area contributed by atoms with Gasteiger partial charge in [0.1, 0.15) is 17.9 Å². The fourth-order valence-electron chi connectivity index (χ4n) is 2.97. The summed E-state index contributed by atoms with van der Waals surface area (Å²) in [6.07, 6.45) is 4.94. The van der Waals surface area contributed by atoms with Crippen molar-refractivity contribution in [2.24, 2.45) is 0 Å². The lowest BCUT2D eigenvalue weighted by Crippen LogP contribution is -2.18. The number of hydrogen-bond donors (Lipinski definition) is 3. The molecule has 9 nitrogen and oxygen atoms in total. The lowest BCUT2D eigenvalue weighted by molar-refractivity contribution is 0.0962. The molecule has 31 heavy (non-hydrogen) atoms. The molecule has 0 bridgehead atoms. The number of nitrogens with one attached hydrogen (secondary N) is 3. The van der Waals surface area contributed by atoms with Gasteiger partial charge in [-0.25, -0.2) is 19.9 Å². The minimum absolute atomic E-state index is 0. The second kappa shape index (κ2) is 11.1. The molecule has 0 spiro atoms. The largest absolute Gasteiger partial charge is 0.496 e. The average molecular weight is 442 g/mol. The maximum absolute atomic E-state index is 11.9. The molecule has 3 aromatic rings. The van der Waals surface area contributed by atoms with Crippen LogP contribution in [0.2, 0.25) is 0 Å². The summed E-state index contributed by atoms with van der Waals surface area (Å²) in [7, 11) is 4.97. The number of amides is 1. The Morgan fingerprint density at radius 3 is 2.48 bits per heavy atom. The van der Waals surface area contributed by atoms with Gasteiger partial charge in [-0.05, 0) is 17.7 Å². The molecule has 0 aliphatic rings. The first-order valence-electron chi connectivity index (χ1n) is 9.51. The van der Waals surface area contributed by atoms with Crippen LogP contribution in [0.1, 0.15) is 28.8 Å². The highest BCUT2D eigenvalue weighted by Crippen LogP contribution is 2.28. The van der Waals surface area contributed by atoms with E-state index in [1.54, 1.807) is 45.7 Å². The number of aromatic nitrogens is 4. The number of carbonyl (C=O) groups excluding carboxylic acids is 1. The Hall–Kier alpha value is -3.40. The van der Waals surface area contributed by atoms with Crippen LogP contribution in [0, 0.1) is 0 Å². The van der Waals surface area contributed by atoms with Crippen LogP contribution < -0.4 is 20.7 Å². The normalized spacial score (nSPS) is 11.1. The number of ether oxygens (including phenoxy) is 1. The van der Waals surface area contributed by atoms with Crippen LogP contribution in [0.15, 0.2) is 43.0 Å².